The minimum absolute atomic E-state index is 0.0425. The number of fused-ring (bicyclic) bond motifs is 3. The molecule has 0 aliphatic carbocycles. The number of alkyl halides is 9. The molecule has 0 spiro atoms. The maximum Gasteiger partial charge on any atom is 0.349 e. The first-order chi connectivity index (χ1) is 69.8. The highest BCUT2D eigenvalue weighted by molar-refractivity contribution is 6.78. The van der Waals surface area contributed by atoms with Crippen molar-refractivity contribution < 1.29 is 160 Å². The largest absolute Gasteiger partial charge is 0.467 e. The van der Waals surface area contributed by atoms with Gasteiger partial charge in [0.05, 0.1) is 62.7 Å². The van der Waals surface area contributed by atoms with Crippen molar-refractivity contribution in [3.63, 3.8) is 0 Å². The number of ketones is 1. The quantitative estimate of drug-likeness (QED) is 0.00638. The van der Waals surface area contributed by atoms with Crippen LogP contribution >= 0.6 is 104 Å². The van der Waals surface area contributed by atoms with Crippen LogP contribution < -0.4 is 16.0 Å². The predicted octanol–water partition coefficient (Wildman–Crippen LogP) is 15.3. The number of hydrogen-bond acceptors (Lipinski definition) is 35. The normalized spacial score (nSPS) is 30.1. The smallest absolute Gasteiger partial charge is 0.349 e. The van der Waals surface area contributed by atoms with Crippen molar-refractivity contribution in [1.82, 2.24) is 16.0 Å². The van der Waals surface area contributed by atoms with Crippen molar-refractivity contribution in [3.05, 3.63) is 154 Å². The summed E-state index contributed by atoms with van der Waals surface area (Å²) < 4.78 is 150. The summed E-state index contributed by atoms with van der Waals surface area (Å²) in [5, 5.41) is 6.20. The van der Waals surface area contributed by atoms with Crippen LogP contribution in [-0.4, -0.2) is 303 Å². The molecule has 8 aliphatic rings. The number of amides is 3. The van der Waals surface area contributed by atoms with Gasteiger partial charge in [-0.25, -0.2) is 28.8 Å². The number of carbonyl (C=O) groups is 11. The van der Waals surface area contributed by atoms with Gasteiger partial charge in [0, 0.05) is 54.7 Å². The molecular weight excluding hydrogens is 2210 g/mol. The molecule has 25 atom stereocenters. The number of methoxy groups -OCH3 is 2. The first-order valence-corrected chi connectivity index (χ1v) is 57.2. The zero-order chi connectivity index (χ0) is 111. The average Bonchev–Trinajstić information content (AvgIpc) is 0.723. The van der Waals surface area contributed by atoms with Crippen molar-refractivity contribution >= 4 is 195 Å². The van der Waals surface area contributed by atoms with E-state index in [4.69, 9.17) is 211 Å². The molecule has 8 fully saturated rings. The Morgan fingerprint density at radius 3 is 0.933 bits per heavy atom. The zero-order valence-electron chi connectivity index (χ0n) is 86.3. The molecule has 0 unspecified atom stereocenters. The molecule has 3 N–H and O–H groups in total. The number of carbonyl (C=O) groups excluding carboxylic acids is 11. The summed E-state index contributed by atoms with van der Waals surface area (Å²) in [5.74, 6) is -13.5. The second-order valence-electron chi connectivity index (χ2n) is 43.2. The highest BCUT2D eigenvalue weighted by Crippen LogP contribution is 2.60. The molecule has 0 radical (unpaired) electrons. The average molecular weight is 2340 g/mol. The molecule has 4 aromatic rings. The Bertz CT molecular complexity index is 5430. The summed E-state index contributed by atoms with van der Waals surface area (Å²) in [7, 11) is -9.93. The Morgan fingerprint density at radius 2 is 0.647 bits per heavy atom. The summed E-state index contributed by atoms with van der Waals surface area (Å²) in [6, 6.07) is 22.8. The molecule has 828 valence electrons. The van der Waals surface area contributed by atoms with E-state index in [0.717, 1.165) is 14.2 Å². The second kappa shape index (κ2) is 48.7. The van der Waals surface area contributed by atoms with Crippen LogP contribution in [0.5, 0.6) is 0 Å². The molecule has 0 bridgehead atoms. The lowest BCUT2D eigenvalue weighted by atomic mass is 9.93. The topological polar surface area (TPSA) is 485 Å². The molecule has 4 aromatic carbocycles. The number of Topliss-reactive ketones (excluding diaryl/α,β-unsaturated/α-hetero) is 1. The van der Waals surface area contributed by atoms with Gasteiger partial charge in [0.2, 0.25) is 0 Å². The van der Waals surface area contributed by atoms with Crippen LogP contribution in [0.4, 0.5) is 0 Å². The molecule has 0 aromatic heterocycles. The molecule has 3 amide bonds. The van der Waals surface area contributed by atoms with E-state index in [1.807, 2.05) is 125 Å². The van der Waals surface area contributed by atoms with Crippen LogP contribution in [0.1, 0.15) is 192 Å². The van der Waals surface area contributed by atoms with Crippen molar-refractivity contribution in [2.24, 2.45) is 5.11 Å². The van der Waals surface area contributed by atoms with E-state index < -0.39 is 299 Å². The lowest BCUT2D eigenvalue weighted by molar-refractivity contribution is -0.376. The second-order valence-corrected chi connectivity index (χ2v) is 64.3. The minimum Gasteiger partial charge on any atom is -0.467 e. The van der Waals surface area contributed by atoms with E-state index in [2.05, 4.69) is 26.0 Å². The lowest BCUT2D eigenvalue weighted by Crippen LogP contribution is -2.76. The summed E-state index contributed by atoms with van der Waals surface area (Å²) in [6.07, 6.45) is -46.5. The van der Waals surface area contributed by atoms with Gasteiger partial charge in [-0.1, -0.05) is 307 Å². The van der Waals surface area contributed by atoms with Crippen LogP contribution in [-0.2, 0) is 141 Å². The van der Waals surface area contributed by atoms with Crippen LogP contribution in [0.2, 0.25) is 30.2 Å². The number of hydrogen-bond donors (Lipinski definition) is 3. The van der Waals surface area contributed by atoms with Gasteiger partial charge in [-0.3, -0.25) is 19.2 Å². The Labute approximate surface area is 916 Å². The van der Waals surface area contributed by atoms with Crippen molar-refractivity contribution in [2.75, 3.05) is 47.2 Å². The first kappa shape index (κ1) is 122. The predicted molar refractivity (Wildman–Crippen MR) is 548 cm³/mol. The highest BCUT2D eigenvalue weighted by atomic mass is 35.6. The van der Waals surface area contributed by atoms with Gasteiger partial charge in [-0.05, 0) is 67.4 Å². The fourth-order valence-electron chi connectivity index (χ4n) is 20.4. The van der Waals surface area contributed by atoms with E-state index >= 15 is 33.6 Å². The summed E-state index contributed by atoms with van der Waals surface area (Å²) in [5.41, 5.74) is 8.51. The van der Waals surface area contributed by atoms with Crippen LogP contribution in [0, 0.1) is 0 Å². The van der Waals surface area contributed by atoms with E-state index in [1.54, 1.807) is 24.3 Å². The number of esters is 7. The van der Waals surface area contributed by atoms with E-state index in [9.17, 15) is 24.7 Å². The Kier molecular flexibility index (Phi) is 39.5. The van der Waals surface area contributed by atoms with E-state index in [1.165, 1.54) is 104 Å². The molecule has 0 saturated carbocycles. The Balaban J connectivity index is 1.09. The number of rotatable bonds is 30. The third-order valence-electron chi connectivity index (χ3n) is 26.5. The van der Waals surface area contributed by atoms with E-state index in [-0.39, 0.29) is 61.5 Å². The molecule has 8 heterocycles. The van der Waals surface area contributed by atoms with Gasteiger partial charge < -0.3 is 128 Å². The van der Waals surface area contributed by atoms with Gasteiger partial charge in [0.25, 0.3) is 29.1 Å². The van der Waals surface area contributed by atoms with Crippen LogP contribution in [0.3, 0.4) is 0 Å². The number of ether oxygens (including phenoxy) is 17. The standard InChI is InChI=1S/C98H127Cl9N6O34Si3/c1-50(114)43-44-58(115)134-65-60(111-88(123)97(102,103)104)83(132-56-48-129-148(90(2,3)4,91(5,6)7)145-62(56)65)141-68-70(135-76(116)51-35-26-22-27-36-51)75(138-79(119)54-41-32-25-33-42-54)86(144-72(68)80(120)125-20)140-67-61(112-89(124)98(105,106)107)84(133-57-49-130-150(94(14,15)16,95(17,18)19)147-64(57)67)142-69-71(136-77(117)52-37-28-23-29-38-52)74(137-78(118)53-39-30-24-31-40-53)85(143-73(69)81(121)126-21)139-66-59(110-87(122)96(99,100)101)82(127-46-34-45-109-113-108)131-55-47-128-149(92(8,9)10,93(11,12)13)146-63(55)66/h22-33,35-42,55-57,59-75,82-86H,34,43-49H2,1-21H3,(H,110,122)(H,111,123)(H,112,124)/t55-,56-,57-,59-,60-,61-,62-,63-,64-,65-,66-,67-,68+,69+,70+,71+,72+,73+,74-,75-,82-,83+,84+,85-,86-/m1/s1. The van der Waals surface area contributed by atoms with E-state index in [0.29, 0.717) is 0 Å². The number of halogens is 9. The fourth-order valence-corrected chi connectivity index (χ4v) is 35.7. The Hall–Kier alpha value is -6.82. The molecule has 8 saturated heterocycles. The van der Waals surface area contributed by atoms with Gasteiger partial charge in [-0.15, -0.1) is 0 Å². The first-order valence-electron chi connectivity index (χ1n) is 48.3. The van der Waals surface area contributed by atoms with Crippen molar-refractivity contribution in [3.8, 4) is 0 Å². The molecule has 40 nitrogen and oxygen atoms in total. The molecule has 8 aliphatic heterocycles. The van der Waals surface area contributed by atoms with Gasteiger partial charge >= 0.3 is 67.5 Å². The van der Waals surface area contributed by atoms with Crippen molar-refractivity contribution in [2.45, 2.75) is 346 Å². The van der Waals surface area contributed by atoms with Gasteiger partial charge in [0.15, 0.2) is 74.2 Å². The molecule has 12 rings (SSSR count). The molecule has 52 heteroatoms. The SMILES string of the molecule is COC(=O)[C@H]1O[C@@H](O[C@@H]2[C@@H](NC(=O)C(Cl)(Cl)Cl)[C@H](OCCCN=[N+]=[N-])O[C@@H]3CO[Si](C(C)(C)C)(C(C)(C)C)O[C@@H]23)[C@H](OC(=O)c2ccccc2)[C@@H](OC(=O)c2ccccc2)[C@@H]1O[C@@H]1O[C@@H]2CO[Si](C(C)(C)C)(C(C)(C)C)O[C@H]2[C@H](O[C@@H]2O[C@H](C(=O)OC)[C@@H](O[C@@H]3O[C@@H]4CO[Si](C(C)(C)C)(C(C)(C)C)O[C@H]4[C@H](OC(=O)CCC(C)=O)[C@H]3NC(=O)C(Cl)(Cl)Cl)[C@H](OC(=O)c3ccccc3)[C@H]2OC(=O)c2ccccc2)[C@H]1NC(=O)C(Cl)(Cl)Cl. The van der Waals surface area contributed by atoms with Crippen molar-refractivity contribution in [1.29, 1.82) is 0 Å². The summed E-state index contributed by atoms with van der Waals surface area (Å²) in [6.45, 7) is 33.3. The maximum atomic E-state index is 15.9. The van der Waals surface area contributed by atoms with Gasteiger partial charge in [0.1, 0.15) is 84.9 Å². The maximum absolute atomic E-state index is 15.9. The number of nitrogens with zero attached hydrogens (tertiary/aromatic N) is 3. The van der Waals surface area contributed by atoms with Crippen LogP contribution in [0.15, 0.2) is 126 Å². The van der Waals surface area contributed by atoms with Gasteiger partial charge in [-0.2, -0.15) is 0 Å². The third-order valence-corrected chi connectivity index (χ3v) is 43.4. The molecule has 150 heavy (non-hydrogen) atoms. The van der Waals surface area contributed by atoms with Crippen LogP contribution in [0.25, 0.3) is 10.4 Å². The summed E-state index contributed by atoms with van der Waals surface area (Å²) in [4.78, 5) is 170. The number of nitrogens with one attached hydrogen (secondary N) is 3. The zero-order valence-corrected chi connectivity index (χ0v) is 96.1. The highest BCUT2D eigenvalue weighted by Gasteiger charge is 2.72. The Morgan fingerprint density at radius 1 is 0.367 bits per heavy atom. The summed E-state index contributed by atoms with van der Waals surface area (Å²) >= 11 is 58.9. The number of benzene rings is 4. The minimum atomic E-state index is -4.15. The third kappa shape index (κ3) is 27.4. The number of azide groups is 1. The lowest BCUT2D eigenvalue weighted by Gasteiger charge is -2.59. The fraction of sp³-hybridized carbons (Fsp3) is 0.643. The monoisotopic (exact) mass is 2330 g/mol. The molecular formula is C98H127Cl9N6O34Si3.